The van der Waals surface area contributed by atoms with Crippen LogP contribution in [-0.2, 0) is 4.79 Å². The number of rotatable bonds is 5. The Kier molecular flexibility index (Phi) is 5.31. The standard InChI is InChI=1S/C15H12Cl2N2O3/c1-9-5-6-12(22-9)11(7-18)19-14(20)8-21-13-4-2-3-10(16)15(13)17/h2-6,11H,8H2,1H3,(H,19,20). The molecule has 1 unspecified atom stereocenters. The van der Waals surface area contributed by atoms with Crippen molar-refractivity contribution in [2.24, 2.45) is 0 Å². The van der Waals surface area contributed by atoms with Crippen LogP contribution in [0.15, 0.2) is 34.7 Å². The average molecular weight is 339 g/mol. The van der Waals surface area contributed by atoms with Gasteiger partial charge < -0.3 is 14.5 Å². The number of carbonyl (C=O) groups excluding carboxylic acids is 1. The van der Waals surface area contributed by atoms with E-state index in [9.17, 15) is 4.79 Å². The zero-order valence-corrected chi connectivity index (χ0v) is 13.1. The van der Waals surface area contributed by atoms with Crippen LogP contribution in [0.5, 0.6) is 5.75 Å². The second kappa shape index (κ2) is 7.21. The van der Waals surface area contributed by atoms with E-state index in [0.717, 1.165) is 0 Å². The molecule has 0 bridgehead atoms. The number of benzene rings is 1. The second-order valence-corrected chi connectivity index (χ2v) is 5.20. The van der Waals surface area contributed by atoms with Crippen molar-refractivity contribution in [3.05, 3.63) is 51.9 Å². The molecule has 1 aromatic heterocycles. The van der Waals surface area contributed by atoms with Gasteiger partial charge in [0.15, 0.2) is 12.6 Å². The third-order valence-corrected chi connectivity index (χ3v) is 3.56. The van der Waals surface area contributed by atoms with Crippen molar-refractivity contribution in [1.29, 1.82) is 5.26 Å². The zero-order valence-electron chi connectivity index (χ0n) is 11.6. The van der Waals surface area contributed by atoms with E-state index in [1.54, 1.807) is 37.3 Å². The van der Waals surface area contributed by atoms with Gasteiger partial charge in [-0.2, -0.15) is 5.26 Å². The molecule has 7 heteroatoms. The lowest BCUT2D eigenvalue weighted by molar-refractivity contribution is -0.123. The topological polar surface area (TPSA) is 75.3 Å². The molecule has 0 fully saturated rings. The number of nitrogens with zero attached hydrogens (tertiary/aromatic N) is 1. The first-order valence-corrected chi connectivity index (χ1v) is 7.09. The van der Waals surface area contributed by atoms with Crippen LogP contribution in [0, 0.1) is 18.3 Å². The molecule has 0 saturated heterocycles. The highest BCUT2D eigenvalue weighted by Crippen LogP contribution is 2.31. The number of aryl methyl sites for hydroxylation is 1. The summed E-state index contributed by atoms with van der Waals surface area (Å²) in [6, 6.07) is 9.30. The third-order valence-electron chi connectivity index (χ3n) is 2.76. The molecule has 1 N–H and O–H groups in total. The van der Waals surface area contributed by atoms with Crippen molar-refractivity contribution in [2.75, 3.05) is 6.61 Å². The number of nitriles is 1. The van der Waals surface area contributed by atoms with Crippen LogP contribution >= 0.6 is 23.2 Å². The number of furan rings is 1. The Bertz CT molecular complexity index is 722. The molecular weight excluding hydrogens is 327 g/mol. The minimum absolute atomic E-state index is 0.232. The number of hydrogen-bond acceptors (Lipinski definition) is 4. The molecule has 0 aliphatic rings. The first-order valence-electron chi connectivity index (χ1n) is 6.33. The van der Waals surface area contributed by atoms with Gasteiger partial charge in [-0.3, -0.25) is 4.79 Å². The minimum Gasteiger partial charge on any atom is -0.482 e. The summed E-state index contributed by atoms with van der Waals surface area (Å²) in [5, 5.41) is 12.2. The van der Waals surface area contributed by atoms with Crippen LogP contribution in [0.3, 0.4) is 0 Å². The first kappa shape index (κ1) is 16.2. The molecule has 5 nitrogen and oxygen atoms in total. The Morgan fingerprint density at radius 2 is 2.18 bits per heavy atom. The zero-order chi connectivity index (χ0) is 16.1. The monoisotopic (exact) mass is 338 g/mol. The largest absolute Gasteiger partial charge is 0.482 e. The Balaban J connectivity index is 1.95. The van der Waals surface area contributed by atoms with Crippen LogP contribution in [0.4, 0.5) is 0 Å². The fourth-order valence-corrected chi connectivity index (χ4v) is 2.06. The van der Waals surface area contributed by atoms with Crippen LogP contribution < -0.4 is 10.1 Å². The molecular formula is C15H12Cl2N2O3. The maximum absolute atomic E-state index is 11.9. The number of nitrogens with one attached hydrogen (secondary N) is 1. The summed E-state index contributed by atoms with van der Waals surface area (Å²) < 4.78 is 10.6. The van der Waals surface area contributed by atoms with E-state index in [1.807, 2.05) is 6.07 Å². The van der Waals surface area contributed by atoms with Gasteiger partial charge in [-0.15, -0.1) is 0 Å². The molecule has 2 rings (SSSR count). The lowest BCUT2D eigenvalue weighted by Crippen LogP contribution is -2.31. The highest BCUT2D eigenvalue weighted by atomic mass is 35.5. The third kappa shape index (κ3) is 3.94. The molecule has 0 aliphatic carbocycles. The molecule has 22 heavy (non-hydrogen) atoms. The minimum atomic E-state index is -0.875. The Morgan fingerprint density at radius 1 is 1.41 bits per heavy atom. The lowest BCUT2D eigenvalue weighted by Gasteiger charge is -2.11. The SMILES string of the molecule is Cc1ccc(C(C#N)NC(=O)COc2cccc(Cl)c2Cl)o1. The van der Waals surface area contributed by atoms with Gasteiger partial charge in [0.25, 0.3) is 5.91 Å². The van der Waals surface area contributed by atoms with Crippen molar-refractivity contribution < 1.29 is 13.9 Å². The Morgan fingerprint density at radius 3 is 2.82 bits per heavy atom. The summed E-state index contributed by atoms with van der Waals surface area (Å²) in [7, 11) is 0. The number of ether oxygens (including phenoxy) is 1. The summed E-state index contributed by atoms with van der Waals surface area (Å²) >= 11 is 11.8. The van der Waals surface area contributed by atoms with Gasteiger partial charge in [-0.05, 0) is 31.2 Å². The predicted octanol–water partition coefficient (Wildman–Crippen LogP) is 3.65. The van der Waals surface area contributed by atoms with Gasteiger partial charge in [-0.1, -0.05) is 29.3 Å². The van der Waals surface area contributed by atoms with E-state index < -0.39 is 11.9 Å². The van der Waals surface area contributed by atoms with E-state index in [2.05, 4.69) is 5.32 Å². The van der Waals surface area contributed by atoms with Crippen molar-refractivity contribution in [3.8, 4) is 11.8 Å². The molecule has 1 amide bonds. The molecule has 0 radical (unpaired) electrons. The number of hydrogen-bond donors (Lipinski definition) is 1. The molecule has 1 heterocycles. The Hall–Kier alpha value is -2.16. The van der Waals surface area contributed by atoms with Crippen molar-refractivity contribution >= 4 is 29.1 Å². The normalized spacial score (nSPS) is 11.5. The van der Waals surface area contributed by atoms with Gasteiger partial charge in [0.1, 0.15) is 22.3 Å². The molecule has 2 aromatic rings. The molecule has 0 saturated carbocycles. The van der Waals surface area contributed by atoms with Gasteiger partial charge in [0.2, 0.25) is 0 Å². The van der Waals surface area contributed by atoms with E-state index in [4.69, 9.17) is 37.6 Å². The quantitative estimate of drug-likeness (QED) is 0.902. The highest BCUT2D eigenvalue weighted by molar-refractivity contribution is 6.42. The van der Waals surface area contributed by atoms with Gasteiger partial charge in [0, 0.05) is 0 Å². The predicted molar refractivity (Wildman–Crippen MR) is 81.9 cm³/mol. The molecule has 1 aromatic carbocycles. The summed E-state index contributed by atoms with van der Waals surface area (Å²) in [6.07, 6.45) is 0. The van der Waals surface area contributed by atoms with Crippen molar-refractivity contribution in [2.45, 2.75) is 13.0 Å². The Labute approximate surface area is 137 Å². The fraction of sp³-hybridized carbons (Fsp3) is 0.200. The summed E-state index contributed by atoms with van der Waals surface area (Å²) in [4.78, 5) is 11.9. The van der Waals surface area contributed by atoms with Crippen molar-refractivity contribution in [3.63, 3.8) is 0 Å². The van der Waals surface area contributed by atoms with Crippen LogP contribution in [-0.4, -0.2) is 12.5 Å². The number of amides is 1. The van der Waals surface area contributed by atoms with Crippen LogP contribution in [0.25, 0.3) is 0 Å². The summed E-state index contributed by atoms with van der Waals surface area (Å²) in [5.41, 5.74) is 0. The van der Waals surface area contributed by atoms with Gasteiger partial charge in [0.05, 0.1) is 11.1 Å². The number of carbonyl (C=O) groups is 1. The first-order chi connectivity index (χ1) is 10.5. The van der Waals surface area contributed by atoms with Crippen LogP contribution in [0.2, 0.25) is 10.0 Å². The van der Waals surface area contributed by atoms with E-state index in [-0.39, 0.29) is 11.6 Å². The molecule has 1 atom stereocenters. The highest BCUT2D eigenvalue weighted by Gasteiger charge is 2.18. The van der Waals surface area contributed by atoms with Gasteiger partial charge in [-0.25, -0.2) is 0 Å². The second-order valence-electron chi connectivity index (χ2n) is 4.42. The van der Waals surface area contributed by atoms with E-state index in [1.165, 1.54) is 0 Å². The maximum Gasteiger partial charge on any atom is 0.259 e. The summed E-state index contributed by atoms with van der Waals surface area (Å²) in [6.45, 7) is 1.46. The van der Waals surface area contributed by atoms with Gasteiger partial charge >= 0.3 is 0 Å². The smallest absolute Gasteiger partial charge is 0.259 e. The van der Waals surface area contributed by atoms with E-state index >= 15 is 0 Å². The molecule has 0 spiro atoms. The number of halogens is 2. The maximum atomic E-state index is 11.9. The van der Waals surface area contributed by atoms with Crippen LogP contribution in [0.1, 0.15) is 17.6 Å². The lowest BCUT2D eigenvalue weighted by atomic mass is 10.2. The summed E-state index contributed by atoms with van der Waals surface area (Å²) in [5.74, 6) is 0.851. The molecule has 0 aliphatic heterocycles. The fourth-order valence-electron chi connectivity index (χ4n) is 1.72. The molecule has 114 valence electrons. The van der Waals surface area contributed by atoms with E-state index in [0.29, 0.717) is 22.3 Å². The van der Waals surface area contributed by atoms with Crippen molar-refractivity contribution in [1.82, 2.24) is 5.32 Å². The average Bonchev–Trinajstić information content (AvgIpc) is 2.92.